The maximum atomic E-state index is 11.3. The Hall–Kier alpha value is -1.85. The highest BCUT2D eigenvalue weighted by Gasteiger charge is 2.10. The number of carbonyl (C=O) groups is 1. The molecule has 1 aromatic carbocycles. The minimum absolute atomic E-state index is 0.309. The van der Waals surface area contributed by atoms with Crippen LogP contribution in [0.25, 0.3) is 0 Å². The second kappa shape index (κ2) is 5.20. The Morgan fingerprint density at radius 3 is 2.72 bits per heavy atom. The number of nitrogens with zero attached hydrogens (tertiary/aromatic N) is 2. The molecule has 0 aliphatic carbocycles. The number of aromatic nitrogens is 2. The van der Waals surface area contributed by atoms with Crippen LogP contribution in [0, 0.1) is 6.92 Å². The standard InChI is InChI=1S/C12H13ClN4O/c1-8-6-11(12(18)15-14)16-17(8)7-9-2-4-10(13)5-3-9/h2-6H,7,14H2,1H3,(H,15,18). The maximum absolute atomic E-state index is 11.3. The van der Waals surface area contributed by atoms with Gasteiger partial charge in [0.05, 0.1) is 6.54 Å². The topological polar surface area (TPSA) is 72.9 Å². The van der Waals surface area contributed by atoms with Gasteiger partial charge in [-0.05, 0) is 30.7 Å². The van der Waals surface area contributed by atoms with Gasteiger partial charge in [0.25, 0.3) is 5.91 Å². The molecule has 0 bridgehead atoms. The smallest absolute Gasteiger partial charge is 0.285 e. The lowest BCUT2D eigenvalue weighted by Gasteiger charge is -2.04. The molecule has 0 aliphatic heterocycles. The fourth-order valence-electron chi connectivity index (χ4n) is 1.62. The first-order valence-electron chi connectivity index (χ1n) is 5.40. The van der Waals surface area contributed by atoms with Crippen LogP contribution >= 0.6 is 11.6 Å². The van der Waals surface area contributed by atoms with E-state index in [2.05, 4.69) is 10.5 Å². The molecule has 1 heterocycles. The summed E-state index contributed by atoms with van der Waals surface area (Å²) in [7, 11) is 0. The first-order chi connectivity index (χ1) is 8.60. The highest BCUT2D eigenvalue weighted by atomic mass is 35.5. The van der Waals surface area contributed by atoms with Gasteiger partial charge in [-0.1, -0.05) is 23.7 Å². The van der Waals surface area contributed by atoms with Crippen molar-refractivity contribution in [2.24, 2.45) is 5.84 Å². The molecule has 1 aromatic heterocycles. The lowest BCUT2D eigenvalue weighted by Crippen LogP contribution is -2.30. The Labute approximate surface area is 110 Å². The number of rotatable bonds is 3. The van der Waals surface area contributed by atoms with Gasteiger partial charge in [-0.25, -0.2) is 5.84 Å². The largest absolute Gasteiger partial charge is 0.289 e. The first-order valence-corrected chi connectivity index (χ1v) is 5.78. The molecule has 0 atom stereocenters. The van der Waals surface area contributed by atoms with Crippen molar-refractivity contribution in [1.29, 1.82) is 0 Å². The van der Waals surface area contributed by atoms with E-state index in [1.165, 1.54) is 0 Å². The molecule has 0 radical (unpaired) electrons. The highest BCUT2D eigenvalue weighted by molar-refractivity contribution is 6.30. The zero-order valence-electron chi connectivity index (χ0n) is 9.85. The molecular formula is C12H13ClN4O. The van der Waals surface area contributed by atoms with Crippen molar-refractivity contribution < 1.29 is 4.79 Å². The predicted octanol–water partition coefficient (Wildman–Crippen LogP) is 1.50. The minimum atomic E-state index is -0.395. The first kappa shape index (κ1) is 12.6. The maximum Gasteiger partial charge on any atom is 0.285 e. The van der Waals surface area contributed by atoms with E-state index in [1.807, 2.05) is 31.2 Å². The molecule has 0 unspecified atom stereocenters. The number of nitrogens with one attached hydrogen (secondary N) is 1. The Balaban J connectivity index is 2.21. The van der Waals surface area contributed by atoms with E-state index in [-0.39, 0.29) is 0 Å². The van der Waals surface area contributed by atoms with Crippen LogP contribution in [-0.4, -0.2) is 15.7 Å². The van der Waals surface area contributed by atoms with Crippen LogP contribution in [0.1, 0.15) is 21.7 Å². The van der Waals surface area contributed by atoms with Gasteiger partial charge >= 0.3 is 0 Å². The highest BCUT2D eigenvalue weighted by Crippen LogP contribution is 2.12. The summed E-state index contributed by atoms with van der Waals surface area (Å²) in [5.41, 5.74) is 4.32. The Morgan fingerprint density at radius 2 is 2.11 bits per heavy atom. The third-order valence-electron chi connectivity index (χ3n) is 2.59. The zero-order chi connectivity index (χ0) is 13.1. The SMILES string of the molecule is Cc1cc(C(=O)NN)nn1Cc1ccc(Cl)cc1. The van der Waals surface area contributed by atoms with Gasteiger partial charge in [0, 0.05) is 10.7 Å². The average molecular weight is 265 g/mol. The van der Waals surface area contributed by atoms with Gasteiger partial charge in [-0.15, -0.1) is 0 Å². The number of nitrogen functional groups attached to an aromatic ring is 1. The lowest BCUT2D eigenvalue weighted by atomic mass is 10.2. The molecule has 94 valence electrons. The van der Waals surface area contributed by atoms with Crippen molar-refractivity contribution in [3.8, 4) is 0 Å². The number of amides is 1. The summed E-state index contributed by atoms with van der Waals surface area (Å²) in [5.74, 6) is 4.67. The van der Waals surface area contributed by atoms with E-state index < -0.39 is 5.91 Å². The van der Waals surface area contributed by atoms with E-state index in [1.54, 1.807) is 10.7 Å². The number of benzene rings is 1. The number of hydrogen-bond donors (Lipinski definition) is 2. The normalized spacial score (nSPS) is 10.4. The van der Waals surface area contributed by atoms with Crippen molar-refractivity contribution in [2.75, 3.05) is 0 Å². The molecule has 0 fully saturated rings. The van der Waals surface area contributed by atoms with Crippen LogP contribution in [0.2, 0.25) is 5.02 Å². The van der Waals surface area contributed by atoms with E-state index in [0.717, 1.165) is 11.3 Å². The molecule has 2 rings (SSSR count). The third-order valence-corrected chi connectivity index (χ3v) is 2.84. The lowest BCUT2D eigenvalue weighted by molar-refractivity contribution is 0.0948. The fraction of sp³-hybridized carbons (Fsp3) is 0.167. The van der Waals surface area contributed by atoms with Crippen LogP contribution in [0.4, 0.5) is 0 Å². The Morgan fingerprint density at radius 1 is 1.44 bits per heavy atom. The van der Waals surface area contributed by atoms with Crippen molar-refractivity contribution in [3.05, 3.63) is 52.3 Å². The van der Waals surface area contributed by atoms with Crippen molar-refractivity contribution in [2.45, 2.75) is 13.5 Å². The second-order valence-electron chi connectivity index (χ2n) is 3.93. The van der Waals surface area contributed by atoms with Crippen LogP contribution in [0.15, 0.2) is 30.3 Å². The van der Waals surface area contributed by atoms with Gasteiger partial charge < -0.3 is 0 Å². The summed E-state index contributed by atoms with van der Waals surface area (Å²) < 4.78 is 1.74. The van der Waals surface area contributed by atoms with Crippen LogP contribution in [0.5, 0.6) is 0 Å². The number of aryl methyl sites for hydroxylation is 1. The summed E-state index contributed by atoms with van der Waals surface area (Å²) in [4.78, 5) is 11.3. The van der Waals surface area contributed by atoms with Crippen molar-refractivity contribution in [3.63, 3.8) is 0 Å². The summed E-state index contributed by atoms with van der Waals surface area (Å²) in [6, 6.07) is 9.18. The zero-order valence-corrected chi connectivity index (χ0v) is 10.6. The third kappa shape index (κ3) is 2.69. The molecule has 18 heavy (non-hydrogen) atoms. The van der Waals surface area contributed by atoms with Gasteiger partial charge in [0.2, 0.25) is 0 Å². The quantitative estimate of drug-likeness (QED) is 0.501. The number of hydrazine groups is 1. The van der Waals surface area contributed by atoms with Gasteiger partial charge in [0.15, 0.2) is 5.69 Å². The molecular weight excluding hydrogens is 252 g/mol. The molecule has 0 saturated carbocycles. The monoisotopic (exact) mass is 264 g/mol. The van der Waals surface area contributed by atoms with Gasteiger partial charge in [-0.3, -0.25) is 14.9 Å². The molecule has 0 saturated heterocycles. The summed E-state index contributed by atoms with van der Waals surface area (Å²) in [6.45, 7) is 2.47. The Bertz CT molecular complexity index is 562. The number of carbonyl (C=O) groups excluding carboxylic acids is 1. The molecule has 0 aliphatic rings. The fourth-order valence-corrected chi connectivity index (χ4v) is 1.74. The number of halogens is 1. The molecule has 1 amide bonds. The van der Waals surface area contributed by atoms with Crippen molar-refractivity contribution >= 4 is 17.5 Å². The second-order valence-corrected chi connectivity index (χ2v) is 4.36. The molecule has 2 aromatic rings. The van der Waals surface area contributed by atoms with Crippen LogP contribution in [-0.2, 0) is 6.54 Å². The minimum Gasteiger partial charge on any atom is -0.289 e. The van der Waals surface area contributed by atoms with E-state index in [0.29, 0.717) is 17.3 Å². The summed E-state index contributed by atoms with van der Waals surface area (Å²) in [5, 5.41) is 4.88. The van der Waals surface area contributed by atoms with Crippen LogP contribution in [0.3, 0.4) is 0 Å². The van der Waals surface area contributed by atoms with Crippen LogP contribution < -0.4 is 11.3 Å². The van der Waals surface area contributed by atoms with E-state index in [4.69, 9.17) is 17.4 Å². The predicted molar refractivity (Wildman–Crippen MR) is 69.2 cm³/mol. The van der Waals surface area contributed by atoms with Gasteiger partial charge in [-0.2, -0.15) is 5.10 Å². The summed E-state index contributed by atoms with van der Waals surface area (Å²) >= 11 is 5.82. The van der Waals surface area contributed by atoms with E-state index >= 15 is 0 Å². The Kier molecular flexibility index (Phi) is 3.64. The number of nitrogens with two attached hydrogens (primary N) is 1. The molecule has 3 N–H and O–H groups in total. The van der Waals surface area contributed by atoms with Crippen molar-refractivity contribution in [1.82, 2.24) is 15.2 Å². The molecule has 5 nitrogen and oxygen atoms in total. The summed E-state index contributed by atoms with van der Waals surface area (Å²) in [6.07, 6.45) is 0. The molecule has 6 heteroatoms. The average Bonchev–Trinajstić information content (AvgIpc) is 2.73. The molecule has 0 spiro atoms. The van der Waals surface area contributed by atoms with Gasteiger partial charge in [0.1, 0.15) is 0 Å². The van der Waals surface area contributed by atoms with E-state index in [9.17, 15) is 4.79 Å². The number of hydrogen-bond acceptors (Lipinski definition) is 3.